The van der Waals surface area contributed by atoms with Crippen molar-refractivity contribution in [2.75, 3.05) is 19.8 Å². The highest BCUT2D eigenvalue weighted by atomic mass is 79.9. The normalized spacial score (nSPS) is 11.6. The van der Waals surface area contributed by atoms with Crippen LogP contribution in [0.4, 0.5) is 0 Å². The summed E-state index contributed by atoms with van der Waals surface area (Å²) in [5, 5.41) is 5.21. The van der Waals surface area contributed by atoms with E-state index in [1.165, 1.54) is 6.07 Å². The second kappa shape index (κ2) is 7.97. The molecule has 0 saturated heterocycles. The van der Waals surface area contributed by atoms with Crippen molar-refractivity contribution >= 4 is 26.0 Å². The highest BCUT2D eigenvalue weighted by Crippen LogP contribution is 2.30. The second-order valence-electron chi connectivity index (χ2n) is 4.41. The van der Waals surface area contributed by atoms with Crippen molar-refractivity contribution in [3.8, 4) is 5.75 Å². The van der Waals surface area contributed by atoms with Crippen LogP contribution in [0.3, 0.4) is 0 Å². The minimum atomic E-state index is -3.83. The summed E-state index contributed by atoms with van der Waals surface area (Å²) in [6.45, 7) is 5.24. The Morgan fingerprint density at radius 2 is 1.95 bits per heavy atom. The molecule has 0 fully saturated rings. The lowest BCUT2D eigenvalue weighted by Crippen LogP contribution is -2.16. The van der Waals surface area contributed by atoms with Crippen molar-refractivity contribution in [2.45, 2.75) is 31.6 Å². The SMILES string of the molecule is CCCCOCCOc1c(C)cc(Br)cc1S(N)(=O)=O. The van der Waals surface area contributed by atoms with Gasteiger partial charge in [0.15, 0.2) is 0 Å². The Morgan fingerprint density at radius 1 is 1.25 bits per heavy atom. The summed E-state index contributed by atoms with van der Waals surface area (Å²) in [4.78, 5) is -0.0158. The predicted octanol–water partition coefficient (Wildman–Crippen LogP) is 2.60. The van der Waals surface area contributed by atoms with E-state index < -0.39 is 10.0 Å². The van der Waals surface area contributed by atoms with Crippen molar-refractivity contribution in [2.24, 2.45) is 5.14 Å². The average molecular weight is 366 g/mol. The molecule has 0 aromatic heterocycles. The highest BCUT2D eigenvalue weighted by Gasteiger charge is 2.18. The quantitative estimate of drug-likeness (QED) is 0.718. The van der Waals surface area contributed by atoms with E-state index in [4.69, 9.17) is 14.6 Å². The van der Waals surface area contributed by atoms with Crippen LogP contribution in [0.5, 0.6) is 5.75 Å². The van der Waals surface area contributed by atoms with Crippen LogP contribution in [0.2, 0.25) is 0 Å². The van der Waals surface area contributed by atoms with Gasteiger partial charge < -0.3 is 9.47 Å². The highest BCUT2D eigenvalue weighted by molar-refractivity contribution is 9.10. The van der Waals surface area contributed by atoms with Gasteiger partial charge in [0.25, 0.3) is 0 Å². The number of ether oxygens (including phenoxy) is 2. The fourth-order valence-corrected chi connectivity index (χ4v) is 3.14. The molecule has 0 radical (unpaired) electrons. The number of hydrogen-bond acceptors (Lipinski definition) is 4. The Bertz CT molecular complexity index is 546. The van der Waals surface area contributed by atoms with E-state index in [1.54, 1.807) is 13.0 Å². The average Bonchev–Trinajstić information content (AvgIpc) is 2.34. The number of rotatable bonds is 8. The zero-order valence-electron chi connectivity index (χ0n) is 11.7. The number of sulfonamides is 1. The summed E-state index contributed by atoms with van der Waals surface area (Å²) in [5.74, 6) is 0.287. The fraction of sp³-hybridized carbons (Fsp3) is 0.538. The first kappa shape index (κ1) is 17.4. The zero-order valence-corrected chi connectivity index (χ0v) is 14.1. The number of unbranched alkanes of at least 4 members (excludes halogenated alkanes) is 1. The monoisotopic (exact) mass is 365 g/mol. The smallest absolute Gasteiger partial charge is 0.241 e. The molecular formula is C13H20BrNO4S. The minimum absolute atomic E-state index is 0.0158. The standard InChI is InChI=1S/C13H20BrNO4S/c1-3-4-5-18-6-7-19-13-10(2)8-11(14)9-12(13)20(15,16)17/h8-9H,3-7H2,1-2H3,(H2,15,16,17). The number of aryl methyl sites for hydroxylation is 1. The Labute approximate surface area is 128 Å². The van der Waals surface area contributed by atoms with Gasteiger partial charge in [-0.1, -0.05) is 29.3 Å². The molecule has 2 N–H and O–H groups in total. The lowest BCUT2D eigenvalue weighted by atomic mass is 10.2. The second-order valence-corrected chi connectivity index (χ2v) is 6.85. The molecular weight excluding hydrogens is 346 g/mol. The summed E-state index contributed by atoms with van der Waals surface area (Å²) < 4.78 is 34.7. The third kappa shape index (κ3) is 5.40. The van der Waals surface area contributed by atoms with Gasteiger partial charge >= 0.3 is 0 Å². The molecule has 0 aliphatic rings. The lowest BCUT2D eigenvalue weighted by molar-refractivity contribution is 0.0968. The van der Waals surface area contributed by atoms with E-state index in [-0.39, 0.29) is 17.3 Å². The molecule has 1 rings (SSSR count). The van der Waals surface area contributed by atoms with Crippen molar-refractivity contribution in [1.82, 2.24) is 0 Å². The molecule has 0 heterocycles. The Morgan fingerprint density at radius 3 is 2.55 bits per heavy atom. The van der Waals surface area contributed by atoms with Crippen LogP contribution in [0, 0.1) is 6.92 Å². The molecule has 114 valence electrons. The van der Waals surface area contributed by atoms with Gasteiger partial charge in [0.2, 0.25) is 10.0 Å². The van der Waals surface area contributed by atoms with E-state index >= 15 is 0 Å². The molecule has 0 unspecified atom stereocenters. The molecule has 7 heteroatoms. The molecule has 0 spiro atoms. The van der Waals surface area contributed by atoms with E-state index in [2.05, 4.69) is 22.9 Å². The van der Waals surface area contributed by atoms with Crippen molar-refractivity contribution in [3.05, 3.63) is 22.2 Å². The molecule has 0 saturated carbocycles. The van der Waals surface area contributed by atoms with Crippen molar-refractivity contribution < 1.29 is 17.9 Å². The van der Waals surface area contributed by atoms with Gasteiger partial charge in [-0.25, -0.2) is 13.6 Å². The summed E-state index contributed by atoms with van der Waals surface area (Å²) in [5.41, 5.74) is 0.706. The third-order valence-corrected chi connectivity index (χ3v) is 4.00. The lowest BCUT2D eigenvalue weighted by Gasteiger charge is -2.13. The fourth-order valence-electron chi connectivity index (χ4n) is 1.65. The van der Waals surface area contributed by atoms with Crippen LogP contribution in [0.25, 0.3) is 0 Å². The van der Waals surface area contributed by atoms with Crippen molar-refractivity contribution in [3.63, 3.8) is 0 Å². The summed E-state index contributed by atoms with van der Waals surface area (Å²) >= 11 is 3.25. The van der Waals surface area contributed by atoms with Crippen LogP contribution < -0.4 is 9.88 Å². The van der Waals surface area contributed by atoms with Crippen molar-refractivity contribution in [1.29, 1.82) is 0 Å². The Kier molecular flexibility index (Phi) is 6.94. The van der Waals surface area contributed by atoms with Crippen LogP contribution in [-0.4, -0.2) is 28.2 Å². The summed E-state index contributed by atoms with van der Waals surface area (Å²) in [6, 6.07) is 3.22. The van der Waals surface area contributed by atoms with Gasteiger partial charge in [0, 0.05) is 11.1 Å². The number of benzene rings is 1. The number of hydrogen-bond donors (Lipinski definition) is 1. The number of nitrogens with two attached hydrogens (primary N) is 1. The van der Waals surface area contributed by atoms with Crippen LogP contribution in [0.15, 0.2) is 21.5 Å². The van der Waals surface area contributed by atoms with Gasteiger partial charge in [0.05, 0.1) is 6.61 Å². The molecule has 0 atom stereocenters. The summed E-state index contributed by atoms with van der Waals surface area (Å²) in [7, 11) is -3.83. The topological polar surface area (TPSA) is 78.6 Å². The largest absolute Gasteiger partial charge is 0.489 e. The molecule has 0 aliphatic carbocycles. The van der Waals surface area contributed by atoms with Gasteiger partial charge in [-0.2, -0.15) is 0 Å². The number of primary sulfonamides is 1. The Balaban J connectivity index is 2.74. The van der Waals surface area contributed by atoms with E-state index in [9.17, 15) is 8.42 Å². The van der Waals surface area contributed by atoms with Gasteiger partial charge in [-0.15, -0.1) is 0 Å². The number of halogens is 1. The molecule has 0 amide bonds. The van der Waals surface area contributed by atoms with E-state index in [0.717, 1.165) is 12.8 Å². The maximum atomic E-state index is 11.6. The predicted molar refractivity (Wildman–Crippen MR) is 81.5 cm³/mol. The first-order valence-corrected chi connectivity index (χ1v) is 8.73. The minimum Gasteiger partial charge on any atom is -0.489 e. The molecule has 0 bridgehead atoms. The molecule has 20 heavy (non-hydrogen) atoms. The van der Waals surface area contributed by atoms with Gasteiger partial charge in [-0.3, -0.25) is 0 Å². The maximum Gasteiger partial charge on any atom is 0.241 e. The molecule has 5 nitrogen and oxygen atoms in total. The maximum absolute atomic E-state index is 11.6. The zero-order chi connectivity index (χ0) is 15.2. The summed E-state index contributed by atoms with van der Waals surface area (Å²) in [6.07, 6.45) is 2.07. The van der Waals surface area contributed by atoms with Gasteiger partial charge in [0.1, 0.15) is 17.3 Å². The van der Waals surface area contributed by atoms with E-state index in [1.807, 2.05) is 0 Å². The Hall–Kier alpha value is -0.630. The first-order valence-electron chi connectivity index (χ1n) is 6.39. The molecule has 1 aromatic carbocycles. The third-order valence-electron chi connectivity index (χ3n) is 2.63. The molecule has 0 aliphatic heterocycles. The van der Waals surface area contributed by atoms with Crippen LogP contribution >= 0.6 is 15.9 Å². The molecule has 1 aromatic rings. The van der Waals surface area contributed by atoms with Crippen LogP contribution in [0.1, 0.15) is 25.3 Å². The van der Waals surface area contributed by atoms with E-state index in [0.29, 0.717) is 23.2 Å². The van der Waals surface area contributed by atoms with Crippen LogP contribution in [-0.2, 0) is 14.8 Å². The van der Waals surface area contributed by atoms with Gasteiger partial charge in [-0.05, 0) is 31.0 Å². The first-order chi connectivity index (χ1) is 9.36.